The van der Waals surface area contributed by atoms with Gasteiger partial charge in [0.1, 0.15) is 0 Å². The number of hydrogen-bond donors (Lipinski definition) is 2. The van der Waals surface area contributed by atoms with E-state index in [-0.39, 0.29) is 10.5 Å². The number of carbonyl (C=O) groups excluding carboxylic acids is 2. The number of nitrogens with one attached hydrogen (secondary N) is 2. The summed E-state index contributed by atoms with van der Waals surface area (Å²) in [5.74, 6) is -1.19. The molecule has 8 heteroatoms. The van der Waals surface area contributed by atoms with Crippen LogP contribution in [0.15, 0.2) is 47.4 Å². The van der Waals surface area contributed by atoms with Crippen LogP contribution in [0.4, 0.5) is 5.69 Å². The van der Waals surface area contributed by atoms with Gasteiger partial charge >= 0.3 is 5.97 Å². The van der Waals surface area contributed by atoms with Crippen LogP contribution in [0, 0.1) is 13.8 Å². The monoisotopic (exact) mass is 404 g/mol. The number of anilines is 1. The van der Waals surface area contributed by atoms with Gasteiger partial charge in [0.05, 0.1) is 10.5 Å². The molecule has 0 bridgehead atoms. The zero-order valence-corrected chi connectivity index (χ0v) is 17.1. The molecule has 0 heterocycles. The summed E-state index contributed by atoms with van der Waals surface area (Å²) >= 11 is 0. The number of sulfonamides is 1. The van der Waals surface area contributed by atoms with Crippen molar-refractivity contribution in [3.05, 3.63) is 59.2 Å². The molecule has 1 atom stereocenters. The van der Waals surface area contributed by atoms with Crippen LogP contribution in [0.5, 0.6) is 0 Å². The van der Waals surface area contributed by atoms with E-state index in [0.717, 1.165) is 5.56 Å². The van der Waals surface area contributed by atoms with Gasteiger partial charge in [-0.3, -0.25) is 9.52 Å². The average molecular weight is 404 g/mol. The van der Waals surface area contributed by atoms with Gasteiger partial charge in [-0.25, -0.2) is 13.2 Å². The topological polar surface area (TPSA) is 102 Å². The molecule has 0 aliphatic carbocycles. The van der Waals surface area contributed by atoms with E-state index in [2.05, 4.69) is 10.0 Å². The molecule has 0 aromatic heterocycles. The van der Waals surface area contributed by atoms with Gasteiger partial charge in [-0.05, 0) is 63.1 Å². The van der Waals surface area contributed by atoms with Crippen LogP contribution >= 0.6 is 0 Å². The highest BCUT2D eigenvalue weighted by molar-refractivity contribution is 7.92. The third kappa shape index (κ3) is 5.32. The normalized spacial score (nSPS) is 12.1. The largest absolute Gasteiger partial charge is 0.449 e. The number of aryl methyl sites for hydroxylation is 2. The van der Waals surface area contributed by atoms with E-state index in [0.29, 0.717) is 17.8 Å². The maximum absolute atomic E-state index is 12.8. The number of carbonyl (C=O) groups is 2. The minimum atomic E-state index is -3.91. The first kappa shape index (κ1) is 21.4. The minimum Gasteiger partial charge on any atom is -0.449 e. The number of benzene rings is 2. The van der Waals surface area contributed by atoms with Crippen LogP contribution in [0.25, 0.3) is 0 Å². The van der Waals surface area contributed by atoms with Crippen molar-refractivity contribution < 1.29 is 22.7 Å². The van der Waals surface area contributed by atoms with Gasteiger partial charge in [0.2, 0.25) is 0 Å². The summed E-state index contributed by atoms with van der Waals surface area (Å²) in [6, 6.07) is 11.2. The molecule has 0 spiro atoms. The summed E-state index contributed by atoms with van der Waals surface area (Å²) in [6.07, 6.45) is -0.987. The standard InChI is InChI=1S/C20H24N2O5S/c1-5-21-19(23)15(4)27-20(24)16-10-9-14(3)18(12-16)28(25,26)22-17-8-6-7-13(2)11-17/h6-12,15,22H,5H2,1-4H3,(H,21,23)/t15-/m1/s1. The number of rotatable bonds is 7. The Morgan fingerprint density at radius 1 is 1.11 bits per heavy atom. The molecule has 0 aliphatic heterocycles. The molecule has 0 aliphatic rings. The maximum Gasteiger partial charge on any atom is 0.338 e. The first-order valence-electron chi connectivity index (χ1n) is 8.83. The van der Waals surface area contributed by atoms with E-state index < -0.39 is 28.0 Å². The number of hydrogen-bond acceptors (Lipinski definition) is 5. The van der Waals surface area contributed by atoms with Crippen LogP contribution in [-0.2, 0) is 19.6 Å². The van der Waals surface area contributed by atoms with E-state index in [1.165, 1.54) is 25.1 Å². The lowest BCUT2D eigenvalue weighted by molar-refractivity contribution is -0.128. The summed E-state index contributed by atoms with van der Waals surface area (Å²) in [5.41, 5.74) is 1.87. The molecular formula is C20H24N2O5S. The van der Waals surface area contributed by atoms with Crippen LogP contribution < -0.4 is 10.0 Å². The van der Waals surface area contributed by atoms with Crippen molar-refractivity contribution in [3.63, 3.8) is 0 Å². The Hall–Kier alpha value is -2.87. The van der Waals surface area contributed by atoms with Gasteiger partial charge in [-0.1, -0.05) is 18.2 Å². The van der Waals surface area contributed by atoms with Crippen molar-refractivity contribution in [1.82, 2.24) is 5.32 Å². The molecule has 2 rings (SSSR count). The predicted molar refractivity (Wildman–Crippen MR) is 107 cm³/mol. The number of esters is 1. The Morgan fingerprint density at radius 2 is 1.82 bits per heavy atom. The molecule has 0 radical (unpaired) electrons. The summed E-state index contributed by atoms with van der Waals surface area (Å²) in [4.78, 5) is 24.0. The molecule has 2 N–H and O–H groups in total. The summed E-state index contributed by atoms with van der Waals surface area (Å²) < 4.78 is 33.2. The lowest BCUT2D eigenvalue weighted by Gasteiger charge is -2.14. The van der Waals surface area contributed by atoms with E-state index in [1.807, 2.05) is 13.0 Å². The van der Waals surface area contributed by atoms with Crippen molar-refractivity contribution in [2.24, 2.45) is 0 Å². The molecule has 0 fully saturated rings. The second kappa shape index (κ2) is 8.88. The highest BCUT2D eigenvalue weighted by atomic mass is 32.2. The fraction of sp³-hybridized carbons (Fsp3) is 0.300. The third-order valence-corrected chi connectivity index (χ3v) is 5.51. The van der Waals surface area contributed by atoms with Gasteiger partial charge in [0.15, 0.2) is 6.10 Å². The van der Waals surface area contributed by atoms with E-state index in [1.54, 1.807) is 32.0 Å². The molecule has 2 aromatic rings. The van der Waals surface area contributed by atoms with Crippen molar-refractivity contribution in [3.8, 4) is 0 Å². The van der Waals surface area contributed by atoms with Crippen LogP contribution in [0.2, 0.25) is 0 Å². The highest BCUT2D eigenvalue weighted by Gasteiger charge is 2.22. The quantitative estimate of drug-likeness (QED) is 0.691. The van der Waals surface area contributed by atoms with Crippen LogP contribution in [0.3, 0.4) is 0 Å². The molecule has 0 saturated carbocycles. The summed E-state index contributed by atoms with van der Waals surface area (Å²) in [6.45, 7) is 7.11. The van der Waals surface area contributed by atoms with E-state index >= 15 is 0 Å². The molecule has 7 nitrogen and oxygen atoms in total. The Labute approximate surface area is 165 Å². The molecular weight excluding hydrogens is 380 g/mol. The SMILES string of the molecule is CCNC(=O)[C@@H](C)OC(=O)c1ccc(C)c(S(=O)(=O)Nc2cccc(C)c2)c1. The lowest BCUT2D eigenvalue weighted by atomic mass is 10.1. The van der Waals surface area contributed by atoms with E-state index in [4.69, 9.17) is 4.74 Å². The zero-order valence-electron chi connectivity index (χ0n) is 16.3. The second-order valence-electron chi connectivity index (χ2n) is 6.40. The molecule has 0 saturated heterocycles. The molecule has 2 aromatic carbocycles. The fourth-order valence-electron chi connectivity index (χ4n) is 2.54. The van der Waals surface area contributed by atoms with Crippen molar-refractivity contribution >= 4 is 27.6 Å². The summed E-state index contributed by atoms with van der Waals surface area (Å²) in [5, 5.41) is 2.56. The lowest BCUT2D eigenvalue weighted by Crippen LogP contribution is -2.35. The zero-order chi connectivity index (χ0) is 20.9. The van der Waals surface area contributed by atoms with Gasteiger partial charge in [-0.15, -0.1) is 0 Å². The average Bonchev–Trinajstić information content (AvgIpc) is 2.61. The van der Waals surface area contributed by atoms with Gasteiger partial charge in [0, 0.05) is 12.2 Å². The third-order valence-electron chi connectivity index (χ3n) is 3.99. The van der Waals surface area contributed by atoms with Crippen molar-refractivity contribution in [2.75, 3.05) is 11.3 Å². The minimum absolute atomic E-state index is 0.0332. The first-order chi connectivity index (χ1) is 13.1. The van der Waals surface area contributed by atoms with Gasteiger partial charge in [-0.2, -0.15) is 0 Å². The van der Waals surface area contributed by atoms with Gasteiger partial charge in [0.25, 0.3) is 15.9 Å². The Balaban J connectivity index is 2.26. The smallest absolute Gasteiger partial charge is 0.338 e. The molecule has 0 unspecified atom stereocenters. The summed E-state index contributed by atoms with van der Waals surface area (Å²) in [7, 11) is -3.91. The fourth-order valence-corrected chi connectivity index (χ4v) is 3.86. The Kier molecular flexibility index (Phi) is 6.80. The molecule has 150 valence electrons. The van der Waals surface area contributed by atoms with Crippen molar-refractivity contribution in [1.29, 1.82) is 0 Å². The van der Waals surface area contributed by atoms with E-state index in [9.17, 15) is 18.0 Å². The maximum atomic E-state index is 12.8. The highest BCUT2D eigenvalue weighted by Crippen LogP contribution is 2.22. The Morgan fingerprint density at radius 3 is 2.46 bits per heavy atom. The molecule has 28 heavy (non-hydrogen) atoms. The van der Waals surface area contributed by atoms with Gasteiger partial charge < -0.3 is 10.1 Å². The first-order valence-corrected chi connectivity index (χ1v) is 10.3. The Bertz CT molecular complexity index is 986. The number of likely N-dealkylation sites (N-methyl/N-ethyl adjacent to an activating group) is 1. The predicted octanol–water partition coefficient (Wildman–Crippen LogP) is 2.79. The second-order valence-corrected chi connectivity index (χ2v) is 8.05. The number of ether oxygens (including phenoxy) is 1. The molecule has 1 amide bonds. The van der Waals surface area contributed by atoms with Crippen LogP contribution in [-0.4, -0.2) is 32.9 Å². The number of amides is 1. The van der Waals surface area contributed by atoms with Crippen molar-refractivity contribution in [2.45, 2.75) is 38.7 Å². The van der Waals surface area contributed by atoms with Crippen LogP contribution in [0.1, 0.15) is 35.3 Å².